The highest BCUT2D eigenvalue weighted by molar-refractivity contribution is 6.27. The number of Topliss-reactive ketones (excluding diaryl/α,β-unsaturated/α-hetero) is 1. The molecule has 0 aliphatic heterocycles. The smallest absolute Gasteiger partial charge is 0.243 e. The lowest BCUT2D eigenvalue weighted by atomic mass is 9.92. The average molecular weight is 369 g/mol. The lowest BCUT2D eigenvalue weighted by molar-refractivity contribution is -0.128. The second-order valence-electron chi connectivity index (χ2n) is 6.60. The van der Waals surface area contributed by atoms with E-state index in [1.165, 1.54) is 30.0 Å². The van der Waals surface area contributed by atoms with E-state index in [0.717, 1.165) is 0 Å². The monoisotopic (exact) mass is 369 g/mol. The third-order valence-electron chi connectivity index (χ3n) is 4.18. The zero-order valence-corrected chi connectivity index (χ0v) is 15.8. The van der Waals surface area contributed by atoms with Gasteiger partial charge >= 0.3 is 0 Å². The Kier molecular flexibility index (Phi) is 6.96. The largest absolute Gasteiger partial charge is 0.310 e. The molecule has 142 valence electrons. The zero-order valence-electron chi connectivity index (χ0n) is 15.8. The molecular weight excluding hydrogens is 345 g/mol. The standard InChI is InChI=1S/C21H24FN3O2/c1-15(26)19(20(23)16-8-5-4-6-9-16)21(27)25(13-12-24(2)3)18-11-7-10-17(22)14-18/h4-11,14,19,23H,12-13H2,1-3H3. The second kappa shape index (κ2) is 9.19. The van der Waals surface area contributed by atoms with Crippen LogP contribution in [0.15, 0.2) is 54.6 Å². The van der Waals surface area contributed by atoms with Crippen molar-refractivity contribution in [3.05, 3.63) is 66.0 Å². The summed E-state index contributed by atoms with van der Waals surface area (Å²) in [4.78, 5) is 28.8. The summed E-state index contributed by atoms with van der Waals surface area (Å²) >= 11 is 0. The average Bonchev–Trinajstić information content (AvgIpc) is 2.62. The Morgan fingerprint density at radius 3 is 2.26 bits per heavy atom. The number of ketones is 1. The molecule has 1 amide bonds. The predicted octanol–water partition coefficient (Wildman–Crippen LogP) is 2.99. The molecule has 0 fully saturated rings. The Morgan fingerprint density at radius 2 is 1.70 bits per heavy atom. The Balaban J connectivity index is 2.40. The van der Waals surface area contributed by atoms with Crippen LogP contribution in [0.25, 0.3) is 0 Å². The number of carbonyl (C=O) groups is 2. The summed E-state index contributed by atoms with van der Waals surface area (Å²) in [7, 11) is 3.73. The van der Waals surface area contributed by atoms with E-state index in [9.17, 15) is 14.0 Å². The molecule has 2 aromatic carbocycles. The SMILES string of the molecule is CC(=O)C(C(=N)c1ccccc1)C(=O)N(CCN(C)C)c1cccc(F)c1. The molecule has 6 heteroatoms. The van der Waals surface area contributed by atoms with Gasteiger partial charge in [-0.3, -0.25) is 9.59 Å². The van der Waals surface area contributed by atoms with Crippen LogP contribution in [0.4, 0.5) is 10.1 Å². The maximum atomic E-state index is 13.7. The van der Waals surface area contributed by atoms with Crippen molar-refractivity contribution < 1.29 is 14.0 Å². The minimum absolute atomic E-state index is 0.0562. The fraction of sp³-hybridized carbons (Fsp3) is 0.286. The molecule has 0 spiro atoms. The molecule has 0 aliphatic rings. The zero-order chi connectivity index (χ0) is 20.0. The number of amides is 1. The Labute approximate surface area is 158 Å². The number of halogens is 1. The molecule has 2 aromatic rings. The molecule has 0 heterocycles. The number of benzene rings is 2. The van der Waals surface area contributed by atoms with Gasteiger partial charge in [-0.05, 0) is 44.8 Å². The van der Waals surface area contributed by atoms with E-state index in [0.29, 0.717) is 17.8 Å². The molecule has 5 nitrogen and oxygen atoms in total. The number of anilines is 1. The molecule has 0 saturated heterocycles. The molecule has 0 radical (unpaired) electrons. The molecule has 0 aliphatic carbocycles. The number of hydrogen-bond donors (Lipinski definition) is 1. The van der Waals surface area contributed by atoms with Gasteiger partial charge in [0, 0.05) is 18.8 Å². The summed E-state index contributed by atoms with van der Waals surface area (Å²) in [6.45, 7) is 2.11. The first kappa shape index (κ1) is 20.5. The summed E-state index contributed by atoms with van der Waals surface area (Å²) < 4.78 is 13.7. The van der Waals surface area contributed by atoms with E-state index < -0.39 is 23.4 Å². The normalized spacial score (nSPS) is 11.9. The van der Waals surface area contributed by atoms with Gasteiger partial charge in [0.1, 0.15) is 17.5 Å². The van der Waals surface area contributed by atoms with Crippen molar-refractivity contribution in [3.8, 4) is 0 Å². The van der Waals surface area contributed by atoms with E-state index in [2.05, 4.69) is 0 Å². The quantitative estimate of drug-likeness (QED) is 0.575. The summed E-state index contributed by atoms with van der Waals surface area (Å²) in [5.74, 6) is -2.64. The van der Waals surface area contributed by atoms with E-state index in [4.69, 9.17) is 5.41 Å². The van der Waals surface area contributed by atoms with Gasteiger partial charge in [-0.1, -0.05) is 36.4 Å². The third kappa shape index (κ3) is 5.31. The fourth-order valence-electron chi connectivity index (χ4n) is 2.75. The molecular formula is C21H24FN3O2. The lowest BCUT2D eigenvalue weighted by Crippen LogP contribution is -2.45. The lowest BCUT2D eigenvalue weighted by Gasteiger charge is -2.28. The molecule has 1 unspecified atom stereocenters. The van der Waals surface area contributed by atoms with Gasteiger partial charge in [0.2, 0.25) is 5.91 Å². The van der Waals surface area contributed by atoms with Crippen LogP contribution in [0, 0.1) is 17.1 Å². The number of likely N-dealkylation sites (N-methyl/N-ethyl adjacent to an activating group) is 1. The summed E-state index contributed by atoms with van der Waals surface area (Å²) in [6.07, 6.45) is 0. The Bertz CT molecular complexity index is 821. The first-order valence-corrected chi connectivity index (χ1v) is 8.67. The Hall–Kier alpha value is -2.86. The molecule has 1 atom stereocenters. The van der Waals surface area contributed by atoms with Gasteiger partial charge in [-0.25, -0.2) is 4.39 Å². The van der Waals surface area contributed by atoms with Crippen molar-refractivity contribution >= 4 is 23.1 Å². The van der Waals surface area contributed by atoms with Crippen LogP contribution in [0.1, 0.15) is 12.5 Å². The van der Waals surface area contributed by atoms with Crippen molar-refractivity contribution in [2.24, 2.45) is 5.92 Å². The highest BCUT2D eigenvalue weighted by atomic mass is 19.1. The predicted molar refractivity (Wildman–Crippen MR) is 105 cm³/mol. The second-order valence-corrected chi connectivity index (χ2v) is 6.60. The van der Waals surface area contributed by atoms with Crippen LogP contribution in [0.5, 0.6) is 0 Å². The van der Waals surface area contributed by atoms with Crippen LogP contribution < -0.4 is 4.90 Å². The van der Waals surface area contributed by atoms with E-state index >= 15 is 0 Å². The third-order valence-corrected chi connectivity index (χ3v) is 4.18. The number of carbonyl (C=O) groups excluding carboxylic acids is 2. The molecule has 0 saturated carbocycles. The van der Waals surface area contributed by atoms with Gasteiger partial charge in [0.25, 0.3) is 0 Å². The summed E-state index contributed by atoms with van der Waals surface area (Å²) in [5.41, 5.74) is 0.825. The van der Waals surface area contributed by atoms with E-state index in [1.807, 2.05) is 19.0 Å². The van der Waals surface area contributed by atoms with Gasteiger partial charge < -0.3 is 15.2 Å². The van der Waals surface area contributed by atoms with Gasteiger partial charge in [0.05, 0.1) is 5.71 Å². The Morgan fingerprint density at radius 1 is 1.04 bits per heavy atom. The van der Waals surface area contributed by atoms with Gasteiger partial charge in [-0.15, -0.1) is 0 Å². The van der Waals surface area contributed by atoms with Crippen LogP contribution in [-0.4, -0.2) is 49.5 Å². The number of hydrogen-bond acceptors (Lipinski definition) is 4. The van der Waals surface area contributed by atoms with Crippen LogP contribution in [-0.2, 0) is 9.59 Å². The van der Waals surface area contributed by atoms with Crippen molar-refractivity contribution in [2.75, 3.05) is 32.1 Å². The molecule has 2 rings (SSSR count). The topological polar surface area (TPSA) is 64.5 Å². The minimum atomic E-state index is -1.24. The highest BCUT2D eigenvalue weighted by Gasteiger charge is 2.33. The summed E-state index contributed by atoms with van der Waals surface area (Å²) in [6, 6.07) is 14.4. The van der Waals surface area contributed by atoms with Gasteiger partial charge in [0.15, 0.2) is 0 Å². The van der Waals surface area contributed by atoms with Crippen molar-refractivity contribution in [2.45, 2.75) is 6.92 Å². The van der Waals surface area contributed by atoms with Crippen LogP contribution >= 0.6 is 0 Å². The maximum absolute atomic E-state index is 13.7. The molecule has 1 N–H and O–H groups in total. The first-order chi connectivity index (χ1) is 12.8. The van der Waals surface area contributed by atoms with Crippen molar-refractivity contribution in [1.29, 1.82) is 5.41 Å². The number of nitrogens with zero attached hydrogens (tertiary/aromatic N) is 2. The van der Waals surface area contributed by atoms with Crippen LogP contribution in [0.3, 0.4) is 0 Å². The number of rotatable bonds is 8. The molecule has 27 heavy (non-hydrogen) atoms. The first-order valence-electron chi connectivity index (χ1n) is 8.67. The fourth-order valence-corrected chi connectivity index (χ4v) is 2.75. The number of nitrogens with one attached hydrogen (secondary N) is 1. The van der Waals surface area contributed by atoms with Crippen LogP contribution in [0.2, 0.25) is 0 Å². The maximum Gasteiger partial charge on any atom is 0.243 e. The highest BCUT2D eigenvalue weighted by Crippen LogP contribution is 2.21. The summed E-state index contributed by atoms with van der Waals surface area (Å²) in [5, 5.41) is 8.41. The van der Waals surface area contributed by atoms with Crippen molar-refractivity contribution in [3.63, 3.8) is 0 Å². The molecule has 0 aromatic heterocycles. The van der Waals surface area contributed by atoms with Crippen molar-refractivity contribution in [1.82, 2.24) is 4.90 Å². The van der Waals surface area contributed by atoms with E-state index in [1.54, 1.807) is 36.4 Å². The van der Waals surface area contributed by atoms with Gasteiger partial charge in [-0.2, -0.15) is 0 Å². The minimum Gasteiger partial charge on any atom is -0.310 e. The molecule has 0 bridgehead atoms. The van der Waals surface area contributed by atoms with E-state index in [-0.39, 0.29) is 12.3 Å².